The van der Waals surface area contributed by atoms with Crippen molar-refractivity contribution in [3.63, 3.8) is 0 Å². The zero-order valence-electron chi connectivity index (χ0n) is 54.0. The van der Waals surface area contributed by atoms with Crippen LogP contribution >= 0.6 is 11.6 Å². The fraction of sp³-hybridized carbons (Fsp3) is 0.545. The lowest BCUT2D eigenvalue weighted by atomic mass is 9.86. The van der Waals surface area contributed by atoms with Gasteiger partial charge in [0, 0.05) is 57.8 Å². The molecule has 3 aromatic carbocycles. The van der Waals surface area contributed by atoms with Crippen molar-refractivity contribution in [2.75, 3.05) is 108 Å². The van der Waals surface area contributed by atoms with E-state index in [0.29, 0.717) is 82.6 Å². The van der Waals surface area contributed by atoms with Crippen LogP contribution in [0.4, 0.5) is 38.0 Å². The number of rotatable bonds is 25. The molecule has 0 saturated carbocycles. The average Bonchev–Trinajstić information content (AvgIpc) is 1.66. The van der Waals surface area contributed by atoms with Crippen molar-refractivity contribution in [3.8, 4) is 5.75 Å². The van der Waals surface area contributed by atoms with Crippen molar-refractivity contribution >= 4 is 68.2 Å². The second-order valence-corrected chi connectivity index (χ2v) is 28.9. The summed E-state index contributed by atoms with van der Waals surface area (Å²) in [5, 5.41) is 9.06. The Morgan fingerprint density at radius 1 is 0.933 bits per heavy atom. The predicted octanol–water partition coefficient (Wildman–Crippen LogP) is 10.0. The highest BCUT2D eigenvalue weighted by Crippen LogP contribution is 2.42. The van der Waals surface area contributed by atoms with Gasteiger partial charge in [-0.15, -0.1) is 0 Å². The van der Waals surface area contributed by atoms with Crippen LogP contribution in [0.5, 0.6) is 5.75 Å². The number of pyridine rings is 1. The molecule has 2 fully saturated rings. The normalized spacial score (nSPS) is 17.6. The molecule has 2 atom stereocenters. The number of halogens is 2. The number of aromatic nitrogens is 3. The maximum atomic E-state index is 14.5. The standard InChI is InChI=1S/C66H91ClFN11O9S/c1-42(2)87-57-33-51(44(5)30-54(57)73-63-70-34-52(67)62(74-63)72-53-16-14-15-17-58(53)89(83,84)43(3)4)47-22-25-76(26-23-47)38-59(80)69-24-28-86-29-27-75(12)37-55-48(31-46-18-20-49(68)21-19-46)32-56-61(71-55)66(10,11)41-79(56)60(81)39-77-35-45(6)78(36-50(77)40-85-13)64(82)88-65(7,8)9/h14-21,30,32-34,42-43,45,47,50H,22-29,31,35-41H2,1-13H3,(H,69,80)(H2,70,72,73,74)/t45-,50-/m1/s1. The van der Waals surface area contributed by atoms with Crippen LogP contribution in [-0.2, 0) is 52.0 Å². The van der Waals surface area contributed by atoms with E-state index in [2.05, 4.69) is 73.5 Å². The highest BCUT2D eigenvalue weighted by molar-refractivity contribution is 7.92. The summed E-state index contributed by atoms with van der Waals surface area (Å²) in [6.45, 7) is 26.8. The Balaban J connectivity index is 0.818. The van der Waals surface area contributed by atoms with Gasteiger partial charge in [-0.2, -0.15) is 4.98 Å². The van der Waals surface area contributed by atoms with Gasteiger partial charge < -0.3 is 44.7 Å². The Morgan fingerprint density at radius 3 is 2.34 bits per heavy atom. The molecular weight excluding hydrogens is 1180 g/mol. The number of methoxy groups -OCH3 is 1. The molecule has 8 rings (SSSR count). The van der Waals surface area contributed by atoms with E-state index in [4.69, 9.17) is 35.5 Å². The maximum absolute atomic E-state index is 14.5. The Labute approximate surface area is 530 Å². The van der Waals surface area contributed by atoms with Gasteiger partial charge in [0.1, 0.15) is 22.2 Å². The summed E-state index contributed by atoms with van der Waals surface area (Å²) in [5.41, 5.74) is 6.50. The molecular formula is C66H91ClFN11O9S. The van der Waals surface area contributed by atoms with Gasteiger partial charge in [-0.3, -0.25) is 29.3 Å². The largest absolute Gasteiger partial charge is 0.489 e. The number of nitrogens with zero attached hydrogens (tertiary/aromatic N) is 8. The molecule has 5 heterocycles. The van der Waals surface area contributed by atoms with E-state index in [-0.39, 0.29) is 82.6 Å². The summed E-state index contributed by atoms with van der Waals surface area (Å²) < 4.78 is 64.2. The smallest absolute Gasteiger partial charge is 0.410 e. The molecule has 0 aliphatic carbocycles. The summed E-state index contributed by atoms with van der Waals surface area (Å²) in [4.78, 5) is 65.5. The number of likely N-dealkylation sites (tertiary alicyclic amines) is 1. The highest BCUT2D eigenvalue weighted by Gasteiger charge is 2.43. The van der Waals surface area contributed by atoms with Crippen LogP contribution < -0.4 is 25.6 Å². The molecule has 2 aromatic heterocycles. The SMILES string of the molecule is COC[C@H]1CN(C(=O)OC(C)(C)C)[C@H](C)CN1CC(=O)N1CC(C)(C)c2nc(CN(C)CCOCCNC(=O)CN3CCC(c4cc(OC(C)C)c(Nc5ncc(Cl)c(Nc6ccccc6S(=O)(=O)C(C)C)n5)cc4C)CC3)c(Cc3ccc(F)cc3)cc21. The lowest BCUT2D eigenvalue weighted by Gasteiger charge is -2.45. The number of hydrogen-bond donors (Lipinski definition) is 3. The van der Waals surface area contributed by atoms with Gasteiger partial charge in [0.15, 0.2) is 15.7 Å². The van der Waals surface area contributed by atoms with E-state index >= 15 is 0 Å². The van der Waals surface area contributed by atoms with Crippen LogP contribution in [-0.4, -0.2) is 183 Å². The Kier molecular flexibility index (Phi) is 22.8. The van der Waals surface area contributed by atoms with Gasteiger partial charge >= 0.3 is 6.09 Å². The number of ether oxygens (including phenoxy) is 4. The van der Waals surface area contributed by atoms with Crippen LogP contribution in [0.25, 0.3) is 0 Å². The van der Waals surface area contributed by atoms with Gasteiger partial charge in [-0.25, -0.2) is 22.6 Å². The average molecular weight is 1270 g/mol. The number of fused-ring (bicyclic) bond motifs is 1. The molecule has 0 bridgehead atoms. The van der Waals surface area contributed by atoms with E-state index < -0.39 is 26.1 Å². The molecule has 89 heavy (non-hydrogen) atoms. The number of likely N-dealkylation sites (N-methyl/N-ethyl adjacent to an activating group) is 1. The Morgan fingerprint density at radius 2 is 1.65 bits per heavy atom. The number of carbonyl (C=O) groups is 3. The first-order valence-electron chi connectivity index (χ1n) is 30.9. The molecule has 3 aliphatic heterocycles. The third kappa shape index (κ3) is 17.9. The fourth-order valence-corrected chi connectivity index (χ4v) is 13.0. The van der Waals surface area contributed by atoms with Crippen LogP contribution in [0.15, 0.2) is 77.8 Å². The minimum absolute atomic E-state index is 0.0569. The van der Waals surface area contributed by atoms with Crippen molar-refractivity contribution in [2.45, 2.75) is 147 Å². The summed E-state index contributed by atoms with van der Waals surface area (Å²) in [5.74, 6) is 0.938. The molecule has 23 heteroatoms. The minimum Gasteiger partial charge on any atom is -0.489 e. The van der Waals surface area contributed by atoms with Crippen LogP contribution in [0.3, 0.4) is 0 Å². The number of piperazine rings is 1. The monoisotopic (exact) mass is 1270 g/mol. The number of hydrogen-bond acceptors (Lipinski definition) is 17. The summed E-state index contributed by atoms with van der Waals surface area (Å²) in [6, 6.07) is 18.9. The molecule has 3 aliphatic rings. The Hall–Kier alpha value is -6.53. The third-order valence-electron chi connectivity index (χ3n) is 16.3. The second-order valence-electron chi connectivity index (χ2n) is 26.0. The first-order chi connectivity index (χ1) is 42.1. The van der Waals surface area contributed by atoms with E-state index in [0.717, 1.165) is 59.7 Å². The van der Waals surface area contributed by atoms with Crippen LogP contribution in [0.2, 0.25) is 5.02 Å². The minimum atomic E-state index is -3.60. The predicted molar refractivity (Wildman–Crippen MR) is 346 cm³/mol. The van der Waals surface area contributed by atoms with Gasteiger partial charge in [-0.05, 0) is 172 Å². The number of piperidine rings is 1. The van der Waals surface area contributed by atoms with E-state index in [1.165, 1.54) is 23.9 Å². The van der Waals surface area contributed by atoms with Gasteiger partial charge in [0.2, 0.25) is 17.8 Å². The van der Waals surface area contributed by atoms with E-state index in [1.54, 1.807) is 62.3 Å². The van der Waals surface area contributed by atoms with Crippen LogP contribution in [0.1, 0.15) is 122 Å². The highest BCUT2D eigenvalue weighted by atomic mass is 35.5. The van der Waals surface area contributed by atoms with Crippen molar-refractivity contribution in [1.29, 1.82) is 0 Å². The molecule has 0 radical (unpaired) electrons. The van der Waals surface area contributed by atoms with E-state index in [1.807, 2.05) is 59.6 Å². The van der Waals surface area contributed by atoms with Gasteiger partial charge in [0.05, 0.1) is 89.8 Å². The molecule has 484 valence electrons. The summed E-state index contributed by atoms with van der Waals surface area (Å²) in [7, 11) is 0.0311. The molecule has 0 unspecified atom stereocenters. The number of amides is 3. The third-order valence-corrected chi connectivity index (χ3v) is 18.8. The molecule has 0 spiro atoms. The number of benzene rings is 3. The lowest BCUT2D eigenvalue weighted by molar-refractivity contribution is -0.123. The van der Waals surface area contributed by atoms with Gasteiger partial charge in [0.25, 0.3) is 0 Å². The molecule has 20 nitrogen and oxygen atoms in total. The number of aryl methyl sites for hydroxylation is 1. The molecule has 5 aromatic rings. The van der Waals surface area contributed by atoms with Crippen LogP contribution in [0, 0.1) is 12.7 Å². The zero-order chi connectivity index (χ0) is 64.5. The number of para-hydroxylation sites is 1. The molecule has 2 saturated heterocycles. The van der Waals surface area contributed by atoms with E-state index in [9.17, 15) is 27.2 Å². The lowest BCUT2D eigenvalue weighted by Crippen LogP contribution is -2.62. The first kappa shape index (κ1) is 68.4. The van der Waals surface area contributed by atoms with Gasteiger partial charge in [-0.1, -0.05) is 49.7 Å². The second kappa shape index (κ2) is 29.6. The Bertz CT molecular complexity index is 3400. The number of carbonyl (C=O) groups excluding carboxylic acids is 3. The summed E-state index contributed by atoms with van der Waals surface area (Å²) in [6.07, 6.45) is 3.16. The quantitative estimate of drug-likeness (QED) is 0.0464. The molecule has 3 amide bonds. The molecule has 3 N–H and O–H groups in total. The first-order valence-corrected chi connectivity index (χ1v) is 32.8. The van der Waals surface area contributed by atoms with Crippen molar-refractivity contribution in [1.82, 2.24) is 39.9 Å². The number of sulfone groups is 1. The van der Waals surface area contributed by atoms with Crippen molar-refractivity contribution in [2.24, 2.45) is 0 Å². The topological polar surface area (TPSA) is 213 Å². The summed E-state index contributed by atoms with van der Waals surface area (Å²) >= 11 is 6.55. The maximum Gasteiger partial charge on any atom is 0.410 e. The number of nitrogens with one attached hydrogen (secondary N) is 3. The number of anilines is 5. The van der Waals surface area contributed by atoms with Crippen molar-refractivity contribution in [3.05, 3.63) is 117 Å². The van der Waals surface area contributed by atoms with Crippen molar-refractivity contribution < 1.29 is 46.1 Å². The zero-order valence-corrected chi connectivity index (χ0v) is 55.6. The fourth-order valence-electron chi connectivity index (χ4n) is 11.7.